The third-order valence-electron chi connectivity index (χ3n) is 2.37. The van der Waals surface area contributed by atoms with E-state index in [1.54, 1.807) is 18.2 Å². The first-order chi connectivity index (χ1) is 9.36. The zero-order valence-electron chi connectivity index (χ0n) is 9.84. The van der Waals surface area contributed by atoms with E-state index < -0.39 is 12.0 Å². The van der Waals surface area contributed by atoms with Crippen LogP contribution in [0.25, 0.3) is 0 Å². The molecule has 0 aliphatic carbocycles. The van der Waals surface area contributed by atoms with Crippen molar-refractivity contribution in [2.24, 2.45) is 0 Å². The maximum absolute atomic E-state index is 12.3. The third-order valence-corrected chi connectivity index (χ3v) is 3.62. The van der Waals surface area contributed by atoms with E-state index >= 15 is 0 Å². The van der Waals surface area contributed by atoms with Gasteiger partial charge in [-0.1, -0.05) is 29.3 Å². The van der Waals surface area contributed by atoms with Crippen molar-refractivity contribution in [2.75, 3.05) is 11.9 Å². The van der Waals surface area contributed by atoms with Crippen LogP contribution in [0.5, 0.6) is 0 Å². The van der Waals surface area contributed by atoms with E-state index in [0.717, 1.165) is 5.56 Å². The SMILES string of the molecule is FC(F)(F)c1nsc(NCCc2ccc(Cl)cc2Cl)n1. The van der Waals surface area contributed by atoms with Gasteiger partial charge in [0.15, 0.2) is 0 Å². The van der Waals surface area contributed by atoms with Gasteiger partial charge in [0.05, 0.1) is 0 Å². The van der Waals surface area contributed by atoms with Crippen LogP contribution in [0, 0.1) is 0 Å². The molecule has 2 aromatic rings. The average Bonchev–Trinajstić information content (AvgIpc) is 2.80. The number of alkyl halides is 3. The standard InChI is InChI=1S/C11H8Cl2F3N3S/c12-7-2-1-6(8(13)5-7)3-4-17-10-18-9(19-20-10)11(14,15)16/h1-2,5H,3-4H2,(H,17,18,19). The molecule has 1 aromatic carbocycles. The van der Waals surface area contributed by atoms with E-state index in [9.17, 15) is 13.2 Å². The van der Waals surface area contributed by atoms with Gasteiger partial charge >= 0.3 is 6.18 Å². The van der Waals surface area contributed by atoms with E-state index in [2.05, 4.69) is 14.7 Å². The number of aromatic nitrogens is 2. The molecule has 9 heteroatoms. The molecule has 0 aliphatic heterocycles. The molecule has 1 aromatic heterocycles. The van der Waals surface area contributed by atoms with Crippen LogP contribution >= 0.6 is 34.7 Å². The molecule has 0 spiro atoms. The smallest absolute Gasteiger partial charge is 0.360 e. The zero-order valence-corrected chi connectivity index (χ0v) is 12.2. The normalized spacial score (nSPS) is 11.7. The van der Waals surface area contributed by atoms with E-state index in [1.165, 1.54) is 0 Å². The first kappa shape index (κ1) is 15.3. The Hall–Kier alpha value is -1.05. The van der Waals surface area contributed by atoms with E-state index in [1.807, 2.05) is 0 Å². The number of nitrogens with one attached hydrogen (secondary N) is 1. The van der Waals surface area contributed by atoms with Crippen LogP contribution in [0.15, 0.2) is 18.2 Å². The summed E-state index contributed by atoms with van der Waals surface area (Å²) in [4.78, 5) is 3.37. The first-order valence-electron chi connectivity index (χ1n) is 5.45. The van der Waals surface area contributed by atoms with Crippen molar-refractivity contribution in [3.63, 3.8) is 0 Å². The monoisotopic (exact) mass is 341 g/mol. The minimum Gasteiger partial charge on any atom is -0.360 e. The van der Waals surface area contributed by atoms with Crippen LogP contribution in [-0.4, -0.2) is 15.9 Å². The first-order valence-corrected chi connectivity index (χ1v) is 6.98. The lowest BCUT2D eigenvalue weighted by molar-refractivity contribution is -0.144. The summed E-state index contributed by atoms with van der Waals surface area (Å²) < 4.78 is 40.2. The second kappa shape index (κ2) is 6.15. The summed E-state index contributed by atoms with van der Waals surface area (Å²) in [5.74, 6) is -1.13. The number of rotatable bonds is 4. The van der Waals surface area contributed by atoms with Gasteiger partial charge in [0.25, 0.3) is 0 Å². The minimum atomic E-state index is -4.52. The molecular weight excluding hydrogens is 334 g/mol. The molecule has 0 atom stereocenters. The number of nitrogens with zero attached hydrogens (tertiary/aromatic N) is 2. The lowest BCUT2D eigenvalue weighted by Gasteiger charge is -2.05. The molecule has 0 unspecified atom stereocenters. The summed E-state index contributed by atoms with van der Waals surface area (Å²) in [6.45, 7) is 0.397. The number of hydrogen-bond acceptors (Lipinski definition) is 4. The predicted molar refractivity (Wildman–Crippen MR) is 73.6 cm³/mol. The molecule has 0 radical (unpaired) electrons. The second-order valence-electron chi connectivity index (χ2n) is 3.83. The van der Waals surface area contributed by atoms with Crippen LogP contribution in [0.4, 0.5) is 18.3 Å². The van der Waals surface area contributed by atoms with E-state index in [4.69, 9.17) is 23.2 Å². The Morgan fingerprint density at radius 3 is 2.60 bits per heavy atom. The molecule has 108 valence electrons. The van der Waals surface area contributed by atoms with Crippen molar-refractivity contribution in [1.82, 2.24) is 9.36 Å². The number of benzene rings is 1. The van der Waals surface area contributed by atoms with Crippen LogP contribution in [0.3, 0.4) is 0 Å². The average molecular weight is 342 g/mol. The molecule has 1 N–H and O–H groups in total. The molecule has 0 bridgehead atoms. The van der Waals surface area contributed by atoms with Crippen LogP contribution < -0.4 is 5.32 Å². The largest absolute Gasteiger partial charge is 0.452 e. The highest BCUT2D eigenvalue weighted by Crippen LogP contribution is 2.29. The summed E-state index contributed by atoms with van der Waals surface area (Å²) in [5.41, 5.74) is 0.851. The molecule has 0 saturated heterocycles. The molecule has 0 amide bonds. The van der Waals surface area contributed by atoms with Crippen molar-refractivity contribution < 1.29 is 13.2 Å². The van der Waals surface area contributed by atoms with Gasteiger partial charge in [-0.15, -0.1) is 0 Å². The van der Waals surface area contributed by atoms with Gasteiger partial charge in [-0.2, -0.15) is 22.5 Å². The Morgan fingerprint density at radius 1 is 1.25 bits per heavy atom. The number of halogens is 5. The molecule has 3 nitrogen and oxygen atoms in total. The molecular formula is C11H8Cl2F3N3S. The van der Waals surface area contributed by atoms with E-state index in [0.29, 0.717) is 34.5 Å². The summed E-state index contributed by atoms with van der Waals surface area (Å²) in [6, 6.07) is 5.09. The molecule has 1 heterocycles. The fraction of sp³-hybridized carbons (Fsp3) is 0.273. The van der Waals surface area contributed by atoms with Gasteiger partial charge in [0, 0.05) is 28.1 Å². The lowest BCUT2D eigenvalue weighted by Crippen LogP contribution is -2.09. The Morgan fingerprint density at radius 2 is 2.00 bits per heavy atom. The number of hydrogen-bond donors (Lipinski definition) is 1. The second-order valence-corrected chi connectivity index (χ2v) is 5.43. The van der Waals surface area contributed by atoms with Crippen molar-refractivity contribution in [2.45, 2.75) is 12.6 Å². The third kappa shape index (κ3) is 3.97. The van der Waals surface area contributed by atoms with Gasteiger partial charge in [-0.05, 0) is 24.1 Å². The van der Waals surface area contributed by atoms with Crippen molar-refractivity contribution in [3.8, 4) is 0 Å². The van der Waals surface area contributed by atoms with Gasteiger partial charge in [0.2, 0.25) is 11.0 Å². The van der Waals surface area contributed by atoms with Crippen LogP contribution in [-0.2, 0) is 12.6 Å². The Balaban J connectivity index is 1.91. The minimum absolute atomic E-state index is 0.127. The number of anilines is 1. The molecule has 0 aliphatic rings. The van der Waals surface area contributed by atoms with Gasteiger partial charge in [-0.3, -0.25) is 0 Å². The van der Waals surface area contributed by atoms with Gasteiger partial charge in [0.1, 0.15) is 0 Å². The highest BCUT2D eigenvalue weighted by Gasteiger charge is 2.36. The Kier molecular flexibility index (Phi) is 4.72. The van der Waals surface area contributed by atoms with Crippen molar-refractivity contribution >= 4 is 39.9 Å². The molecule has 0 fully saturated rings. The highest BCUT2D eigenvalue weighted by molar-refractivity contribution is 7.09. The molecule has 20 heavy (non-hydrogen) atoms. The lowest BCUT2D eigenvalue weighted by atomic mass is 10.1. The topological polar surface area (TPSA) is 37.8 Å². The summed E-state index contributed by atoms with van der Waals surface area (Å²) in [5, 5.41) is 3.96. The summed E-state index contributed by atoms with van der Waals surface area (Å²) in [7, 11) is 0. The van der Waals surface area contributed by atoms with Crippen LogP contribution in [0.2, 0.25) is 10.0 Å². The zero-order chi connectivity index (χ0) is 14.8. The quantitative estimate of drug-likeness (QED) is 0.888. The summed E-state index contributed by atoms with van der Waals surface area (Å²) >= 11 is 12.4. The van der Waals surface area contributed by atoms with E-state index in [-0.39, 0.29) is 5.13 Å². The fourth-order valence-electron chi connectivity index (χ4n) is 1.44. The fourth-order valence-corrected chi connectivity index (χ4v) is 2.55. The Bertz CT molecular complexity index is 601. The molecule has 2 rings (SSSR count). The summed E-state index contributed by atoms with van der Waals surface area (Å²) in [6.07, 6.45) is -3.98. The van der Waals surface area contributed by atoms with Crippen molar-refractivity contribution in [1.29, 1.82) is 0 Å². The predicted octanol–water partition coefficient (Wildman–Crippen LogP) is 4.52. The van der Waals surface area contributed by atoms with Crippen LogP contribution in [0.1, 0.15) is 11.4 Å². The molecule has 0 saturated carbocycles. The van der Waals surface area contributed by atoms with Crippen molar-refractivity contribution in [3.05, 3.63) is 39.6 Å². The maximum atomic E-state index is 12.3. The van der Waals surface area contributed by atoms with Gasteiger partial charge < -0.3 is 5.32 Å². The van der Waals surface area contributed by atoms with Gasteiger partial charge in [-0.25, -0.2) is 0 Å². The Labute approximate surface area is 126 Å². The maximum Gasteiger partial charge on any atom is 0.452 e. The highest BCUT2D eigenvalue weighted by atomic mass is 35.5.